The van der Waals surface area contributed by atoms with E-state index in [4.69, 9.17) is 5.73 Å². The summed E-state index contributed by atoms with van der Waals surface area (Å²) in [4.78, 5) is 13.9. The van der Waals surface area contributed by atoms with E-state index in [-0.39, 0.29) is 35.2 Å². The number of halogens is 1. The monoisotopic (exact) mass is 399 g/mol. The smallest absolute Gasteiger partial charge is 0.243 e. The number of anilines is 1. The van der Waals surface area contributed by atoms with E-state index >= 15 is 0 Å². The molecule has 6 nitrogen and oxygen atoms in total. The highest BCUT2D eigenvalue weighted by Gasteiger charge is 2.45. The van der Waals surface area contributed by atoms with Gasteiger partial charge in [-0.1, -0.05) is 6.07 Å². The van der Waals surface area contributed by atoms with Gasteiger partial charge >= 0.3 is 0 Å². The quantitative estimate of drug-likeness (QED) is 0.821. The van der Waals surface area contributed by atoms with Crippen LogP contribution in [-0.2, 0) is 21.2 Å². The van der Waals surface area contributed by atoms with Crippen LogP contribution in [0, 0.1) is 11.8 Å². The topological polar surface area (TPSA) is 83.7 Å². The second-order valence-electron chi connectivity index (χ2n) is 7.55. The SMILES string of the molecule is CC(=O)N1CCCc2ccc(S(=O)(=O)N3CC4CCC(N)C4C3)cc21.Cl. The van der Waals surface area contributed by atoms with Gasteiger partial charge in [-0.2, -0.15) is 4.31 Å². The number of nitrogens with zero attached hydrogens (tertiary/aromatic N) is 2. The van der Waals surface area contributed by atoms with Crippen molar-refractivity contribution in [3.8, 4) is 0 Å². The molecular weight excluding hydrogens is 374 g/mol. The maximum Gasteiger partial charge on any atom is 0.243 e. The summed E-state index contributed by atoms with van der Waals surface area (Å²) in [5.74, 6) is 0.620. The summed E-state index contributed by atoms with van der Waals surface area (Å²) in [6.45, 7) is 3.25. The molecule has 8 heteroatoms. The molecule has 144 valence electrons. The lowest BCUT2D eigenvalue weighted by molar-refractivity contribution is -0.116. The average molecular weight is 400 g/mol. The van der Waals surface area contributed by atoms with E-state index in [0.29, 0.717) is 25.6 Å². The molecule has 0 spiro atoms. The van der Waals surface area contributed by atoms with Crippen molar-refractivity contribution in [2.75, 3.05) is 24.5 Å². The first-order valence-electron chi connectivity index (χ1n) is 9.04. The maximum atomic E-state index is 13.1. The lowest BCUT2D eigenvalue weighted by Gasteiger charge is -2.29. The molecule has 0 bridgehead atoms. The molecule has 26 heavy (non-hydrogen) atoms. The minimum atomic E-state index is -3.55. The van der Waals surface area contributed by atoms with E-state index in [1.54, 1.807) is 21.3 Å². The molecular formula is C18H26ClN3O3S. The second-order valence-corrected chi connectivity index (χ2v) is 9.49. The molecule has 0 radical (unpaired) electrons. The van der Waals surface area contributed by atoms with Crippen molar-refractivity contribution >= 4 is 34.0 Å². The molecule has 1 saturated carbocycles. The average Bonchev–Trinajstić information content (AvgIpc) is 3.16. The van der Waals surface area contributed by atoms with Crippen LogP contribution < -0.4 is 10.6 Å². The highest BCUT2D eigenvalue weighted by Crippen LogP contribution is 2.40. The molecule has 1 aromatic rings. The summed E-state index contributed by atoms with van der Waals surface area (Å²) in [6, 6.07) is 5.34. The van der Waals surface area contributed by atoms with Gasteiger partial charge in [0, 0.05) is 38.3 Å². The van der Waals surface area contributed by atoms with Gasteiger partial charge in [-0.15, -0.1) is 12.4 Å². The first-order valence-corrected chi connectivity index (χ1v) is 10.5. The number of carbonyl (C=O) groups excluding carboxylic acids is 1. The number of rotatable bonds is 2. The zero-order valence-corrected chi connectivity index (χ0v) is 16.6. The third kappa shape index (κ3) is 3.15. The van der Waals surface area contributed by atoms with Crippen molar-refractivity contribution in [3.63, 3.8) is 0 Å². The van der Waals surface area contributed by atoms with Gasteiger partial charge in [-0.25, -0.2) is 8.42 Å². The minimum Gasteiger partial charge on any atom is -0.327 e. The molecule has 1 saturated heterocycles. The Balaban J connectivity index is 0.00000196. The van der Waals surface area contributed by atoms with E-state index in [1.807, 2.05) is 6.07 Å². The number of nitrogens with two attached hydrogens (primary N) is 1. The standard InChI is InChI=1S/C18H25N3O3S.ClH/c1-12(22)21-8-2-3-13-4-6-15(9-18(13)21)25(23,24)20-10-14-5-7-17(19)16(14)11-20;/h4,6,9,14,16-17H,2-3,5,7-8,10-11,19H2,1H3;1H. The summed E-state index contributed by atoms with van der Waals surface area (Å²) in [5.41, 5.74) is 7.93. The van der Waals surface area contributed by atoms with Gasteiger partial charge in [0.05, 0.1) is 4.90 Å². The Bertz CT molecular complexity index is 814. The molecule has 0 aromatic heterocycles. The Morgan fingerprint density at radius 2 is 2.00 bits per heavy atom. The number of benzene rings is 1. The van der Waals surface area contributed by atoms with E-state index in [0.717, 1.165) is 36.9 Å². The molecule has 3 aliphatic rings. The van der Waals surface area contributed by atoms with Gasteiger partial charge in [0.15, 0.2) is 0 Å². The third-order valence-electron chi connectivity index (χ3n) is 6.07. The van der Waals surface area contributed by atoms with E-state index < -0.39 is 10.0 Å². The summed E-state index contributed by atoms with van der Waals surface area (Å²) in [5, 5.41) is 0. The van der Waals surface area contributed by atoms with Crippen LogP contribution in [0.5, 0.6) is 0 Å². The van der Waals surface area contributed by atoms with Gasteiger partial charge < -0.3 is 10.6 Å². The Labute approximate surface area is 161 Å². The van der Waals surface area contributed by atoms with Crippen LogP contribution in [0.25, 0.3) is 0 Å². The van der Waals surface area contributed by atoms with Crippen LogP contribution in [0.3, 0.4) is 0 Å². The third-order valence-corrected chi connectivity index (χ3v) is 7.90. The highest BCUT2D eigenvalue weighted by molar-refractivity contribution is 7.89. The molecule has 2 aliphatic heterocycles. The summed E-state index contributed by atoms with van der Waals surface area (Å²) >= 11 is 0. The minimum absolute atomic E-state index is 0. The zero-order chi connectivity index (χ0) is 17.8. The van der Waals surface area contributed by atoms with Crippen LogP contribution in [-0.4, -0.2) is 44.3 Å². The molecule has 2 N–H and O–H groups in total. The van der Waals surface area contributed by atoms with Crippen molar-refractivity contribution in [1.82, 2.24) is 4.31 Å². The predicted molar refractivity (Wildman–Crippen MR) is 103 cm³/mol. The predicted octanol–water partition coefficient (Wildman–Crippen LogP) is 1.77. The van der Waals surface area contributed by atoms with Crippen LogP contribution >= 0.6 is 12.4 Å². The Hall–Kier alpha value is -1.15. The van der Waals surface area contributed by atoms with E-state index in [2.05, 4.69) is 0 Å². The summed E-state index contributed by atoms with van der Waals surface area (Å²) in [7, 11) is -3.55. The summed E-state index contributed by atoms with van der Waals surface area (Å²) < 4.78 is 27.8. The molecule has 4 rings (SSSR count). The maximum absolute atomic E-state index is 13.1. The fourth-order valence-corrected chi connectivity index (χ4v) is 6.21. The van der Waals surface area contributed by atoms with Crippen LogP contribution in [0.15, 0.2) is 23.1 Å². The van der Waals surface area contributed by atoms with Crippen molar-refractivity contribution in [2.24, 2.45) is 17.6 Å². The molecule has 1 amide bonds. The first kappa shape index (κ1) is 19.6. The van der Waals surface area contributed by atoms with Crippen molar-refractivity contribution in [2.45, 2.75) is 43.5 Å². The van der Waals surface area contributed by atoms with Crippen molar-refractivity contribution in [3.05, 3.63) is 23.8 Å². The normalized spacial score (nSPS) is 28.4. The number of hydrogen-bond acceptors (Lipinski definition) is 4. The lowest BCUT2D eigenvalue weighted by Crippen LogP contribution is -2.35. The van der Waals surface area contributed by atoms with Gasteiger partial charge in [0.1, 0.15) is 0 Å². The molecule has 3 atom stereocenters. The second kappa shape index (κ2) is 7.11. The number of sulfonamides is 1. The van der Waals surface area contributed by atoms with Gasteiger partial charge in [-0.05, 0) is 55.2 Å². The fourth-order valence-electron chi connectivity index (χ4n) is 4.65. The van der Waals surface area contributed by atoms with E-state index in [1.165, 1.54) is 6.92 Å². The Kier molecular flexibility index (Phi) is 5.36. The van der Waals surface area contributed by atoms with Gasteiger partial charge in [-0.3, -0.25) is 4.79 Å². The number of carbonyl (C=O) groups is 1. The number of aryl methyl sites for hydroxylation is 1. The molecule has 1 aliphatic carbocycles. The Morgan fingerprint density at radius 3 is 2.69 bits per heavy atom. The van der Waals surface area contributed by atoms with Gasteiger partial charge in [0.2, 0.25) is 15.9 Å². The summed E-state index contributed by atoms with van der Waals surface area (Å²) in [6.07, 6.45) is 3.80. The number of hydrogen-bond donors (Lipinski definition) is 1. The van der Waals surface area contributed by atoms with Crippen LogP contribution in [0.4, 0.5) is 5.69 Å². The van der Waals surface area contributed by atoms with Crippen molar-refractivity contribution < 1.29 is 13.2 Å². The van der Waals surface area contributed by atoms with Gasteiger partial charge in [0.25, 0.3) is 0 Å². The fraction of sp³-hybridized carbons (Fsp3) is 0.611. The lowest BCUT2D eigenvalue weighted by atomic mass is 9.98. The number of fused-ring (bicyclic) bond motifs is 2. The van der Waals surface area contributed by atoms with Crippen LogP contribution in [0.1, 0.15) is 31.7 Å². The molecule has 2 heterocycles. The van der Waals surface area contributed by atoms with Crippen LogP contribution in [0.2, 0.25) is 0 Å². The zero-order valence-electron chi connectivity index (χ0n) is 14.9. The first-order chi connectivity index (χ1) is 11.9. The molecule has 2 fully saturated rings. The molecule has 3 unspecified atom stereocenters. The highest BCUT2D eigenvalue weighted by atomic mass is 35.5. The number of amides is 1. The largest absolute Gasteiger partial charge is 0.327 e. The van der Waals surface area contributed by atoms with Crippen molar-refractivity contribution in [1.29, 1.82) is 0 Å². The Morgan fingerprint density at radius 1 is 1.23 bits per heavy atom. The molecule has 1 aromatic carbocycles. The van der Waals surface area contributed by atoms with E-state index in [9.17, 15) is 13.2 Å².